The quantitative estimate of drug-likeness (QED) is 0.523. The number of ether oxygens (including phenoxy) is 2. The molecule has 0 saturated carbocycles. The Labute approximate surface area is 201 Å². The number of anilines is 2. The first-order valence-corrected chi connectivity index (χ1v) is 11.5. The second-order valence-electron chi connectivity index (χ2n) is 7.99. The van der Waals surface area contributed by atoms with Crippen molar-refractivity contribution in [3.8, 4) is 17.2 Å². The maximum Gasteiger partial charge on any atom is 0.228 e. The van der Waals surface area contributed by atoms with Crippen LogP contribution in [0.25, 0.3) is 0 Å². The number of piperidine rings is 1. The van der Waals surface area contributed by atoms with E-state index in [9.17, 15) is 9.59 Å². The van der Waals surface area contributed by atoms with Crippen LogP contribution >= 0.6 is 22.6 Å². The molecule has 1 saturated heterocycles. The number of nitrogens with one attached hydrogen (secondary N) is 1. The van der Waals surface area contributed by atoms with Crippen molar-refractivity contribution in [1.82, 2.24) is 14.9 Å². The minimum Gasteiger partial charge on any atom is -0.496 e. The van der Waals surface area contributed by atoms with Crippen LogP contribution in [0.4, 0.5) is 11.8 Å². The van der Waals surface area contributed by atoms with Gasteiger partial charge in [-0.25, -0.2) is 4.98 Å². The van der Waals surface area contributed by atoms with Gasteiger partial charge in [0.15, 0.2) is 11.6 Å². The molecule has 9 nitrogen and oxygen atoms in total. The van der Waals surface area contributed by atoms with E-state index in [0.29, 0.717) is 37.4 Å². The second kappa shape index (κ2) is 10.3. The highest BCUT2D eigenvalue weighted by molar-refractivity contribution is 14.1. The number of aromatic nitrogens is 2. The first-order chi connectivity index (χ1) is 15.2. The second-order valence-corrected chi connectivity index (χ2v) is 9.15. The lowest BCUT2D eigenvalue weighted by molar-refractivity contribution is -0.132. The van der Waals surface area contributed by atoms with E-state index in [-0.39, 0.29) is 35.4 Å². The summed E-state index contributed by atoms with van der Waals surface area (Å²) in [4.78, 5) is 34.4. The molecular formula is C22H28IN5O4. The van der Waals surface area contributed by atoms with Gasteiger partial charge in [-0.2, -0.15) is 4.98 Å². The molecule has 0 spiro atoms. The monoisotopic (exact) mass is 553 g/mol. The van der Waals surface area contributed by atoms with Crippen LogP contribution in [0.5, 0.6) is 17.2 Å². The average Bonchev–Trinajstić information content (AvgIpc) is 2.75. The van der Waals surface area contributed by atoms with E-state index in [0.717, 1.165) is 14.9 Å². The van der Waals surface area contributed by atoms with Gasteiger partial charge in [0, 0.05) is 31.5 Å². The molecule has 32 heavy (non-hydrogen) atoms. The standard InChI is InChI=1S/C22H28IN5O4/c1-12(2)15-9-18(31-4)16(23)10-17(15)32-19-11-25-22(24)27-20(19)26-21(30)14-5-7-28(8-6-14)13(3)29/h9-12,14H,5-8H2,1-4H3,(H3,24,25,26,27,30). The summed E-state index contributed by atoms with van der Waals surface area (Å²) in [5.74, 6) is 1.76. The topological polar surface area (TPSA) is 120 Å². The molecule has 3 N–H and O–H groups in total. The molecule has 1 fully saturated rings. The molecule has 10 heteroatoms. The number of nitrogen functional groups attached to an aromatic ring is 1. The number of halogens is 1. The molecule has 1 aliphatic heterocycles. The van der Waals surface area contributed by atoms with Crippen LogP contribution in [0, 0.1) is 9.49 Å². The molecule has 0 bridgehead atoms. The van der Waals surface area contributed by atoms with Gasteiger partial charge in [0.25, 0.3) is 0 Å². The Kier molecular flexibility index (Phi) is 7.75. The van der Waals surface area contributed by atoms with E-state index >= 15 is 0 Å². The lowest BCUT2D eigenvalue weighted by Gasteiger charge is -2.30. The number of benzene rings is 1. The Bertz CT molecular complexity index is 1010. The van der Waals surface area contributed by atoms with Gasteiger partial charge in [-0.15, -0.1) is 0 Å². The van der Waals surface area contributed by atoms with E-state index in [1.165, 1.54) is 6.20 Å². The van der Waals surface area contributed by atoms with Crippen LogP contribution in [0.3, 0.4) is 0 Å². The molecule has 0 aliphatic carbocycles. The zero-order valence-corrected chi connectivity index (χ0v) is 20.8. The van der Waals surface area contributed by atoms with Gasteiger partial charge in [-0.05, 0) is 53.5 Å². The van der Waals surface area contributed by atoms with Gasteiger partial charge in [-0.1, -0.05) is 13.8 Å². The smallest absolute Gasteiger partial charge is 0.228 e. The van der Waals surface area contributed by atoms with Gasteiger partial charge >= 0.3 is 0 Å². The number of amides is 2. The van der Waals surface area contributed by atoms with Crippen molar-refractivity contribution in [2.24, 2.45) is 5.92 Å². The van der Waals surface area contributed by atoms with Gasteiger partial charge in [0.2, 0.25) is 17.8 Å². The largest absolute Gasteiger partial charge is 0.496 e. The van der Waals surface area contributed by atoms with Crippen molar-refractivity contribution in [2.75, 3.05) is 31.2 Å². The Hall–Kier alpha value is -2.63. The molecule has 2 amide bonds. The molecule has 2 aromatic rings. The Morgan fingerprint density at radius 1 is 1.22 bits per heavy atom. The van der Waals surface area contributed by atoms with Crippen molar-refractivity contribution < 1.29 is 19.1 Å². The van der Waals surface area contributed by atoms with Crippen molar-refractivity contribution in [3.63, 3.8) is 0 Å². The maximum absolute atomic E-state index is 12.9. The molecule has 0 radical (unpaired) electrons. The third-order valence-corrected chi connectivity index (χ3v) is 6.30. The Morgan fingerprint density at radius 3 is 2.50 bits per heavy atom. The van der Waals surface area contributed by atoms with Crippen LogP contribution in [0.1, 0.15) is 45.1 Å². The van der Waals surface area contributed by atoms with Gasteiger partial charge < -0.3 is 25.4 Å². The molecule has 1 aromatic carbocycles. The van der Waals surface area contributed by atoms with Crippen molar-refractivity contribution in [3.05, 3.63) is 27.5 Å². The molecular weight excluding hydrogens is 525 g/mol. The number of rotatable bonds is 6. The highest BCUT2D eigenvalue weighted by Gasteiger charge is 2.27. The lowest BCUT2D eigenvalue weighted by atomic mass is 9.96. The van der Waals surface area contributed by atoms with Crippen LogP contribution in [0.2, 0.25) is 0 Å². The molecule has 1 aromatic heterocycles. The van der Waals surface area contributed by atoms with Crippen LogP contribution < -0.4 is 20.5 Å². The fourth-order valence-electron chi connectivity index (χ4n) is 3.59. The van der Waals surface area contributed by atoms with Crippen molar-refractivity contribution in [1.29, 1.82) is 0 Å². The van der Waals surface area contributed by atoms with Crippen molar-refractivity contribution in [2.45, 2.75) is 39.5 Å². The fraction of sp³-hybridized carbons (Fsp3) is 0.455. The predicted molar refractivity (Wildman–Crippen MR) is 130 cm³/mol. The third kappa shape index (κ3) is 5.59. The fourth-order valence-corrected chi connectivity index (χ4v) is 4.25. The number of carbonyl (C=O) groups excluding carboxylic acids is 2. The summed E-state index contributed by atoms with van der Waals surface area (Å²) in [5, 5.41) is 2.85. The molecule has 1 aliphatic rings. The van der Waals surface area contributed by atoms with Gasteiger partial charge in [-0.3, -0.25) is 9.59 Å². The molecule has 0 atom stereocenters. The molecule has 0 unspecified atom stereocenters. The van der Waals surface area contributed by atoms with E-state index in [4.69, 9.17) is 15.2 Å². The van der Waals surface area contributed by atoms with Gasteiger partial charge in [0.1, 0.15) is 11.5 Å². The number of hydrogen-bond donors (Lipinski definition) is 2. The number of nitrogens with two attached hydrogens (primary N) is 1. The van der Waals surface area contributed by atoms with E-state index in [1.54, 1.807) is 18.9 Å². The summed E-state index contributed by atoms with van der Waals surface area (Å²) in [5.41, 5.74) is 6.73. The number of methoxy groups -OCH3 is 1. The van der Waals surface area contributed by atoms with Crippen LogP contribution in [0.15, 0.2) is 18.3 Å². The number of nitrogens with zero attached hydrogens (tertiary/aromatic N) is 3. The Balaban J connectivity index is 1.83. The molecule has 2 heterocycles. The van der Waals surface area contributed by atoms with Crippen molar-refractivity contribution >= 4 is 46.2 Å². The summed E-state index contributed by atoms with van der Waals surface area (Å²) in [7, 11) is 1.63. The van der Waals surface area contributed by atoms with E-state index in [2.05, 4.69) is 51.7 Å². The number of likely N-dealkylation sites (tertiary alicyclic amines) is 1. The summed E-state index contributed by atoms with van der Waals surface area (Å²) >= 11 is 2.18. The highest BCUT2D eigenvalue weighted by Crippen LogP contribution is 2.38. The normalized spacial score (nSPS) is 14.4. The average molecular weight is 553 g/mol. The number of hydrogen-bond acceptors (Lipinski definition) is 7. The SMILES string of the molecule is COc1cc(C(C)C)c(Oc2cnc(N)nc2NC(=O)C2CCN(C(C)=O)CC2)cc1I. The summed E-state index contributed by atoms with van der Waals surface area (Å²) in [6.45, 7) is 6.78. The predicted octanol–water partition coefficient (Wildman–Crippen LogP) is 3.78. The lowest BCUT2D eigenvalue weighted by Crippen LogP contribution is -2.40. The molecule has 3 rings (SSSR count). The first-order valence-electron chi connectivity index (χ1n) is 10.4. The summed E-state index contributed by atoms with van der Waals surface area (Å²) in [6.07, 6.45) is 2.64. The number of carbonyl (C=O) groups is 2. The minimum atomic E-state index is -0.220. The summed E-state index contributed by atoms with van der Waals surface area (Å²) in [6, 6.07) is 3.83. The van der Waals surface area contributed by atoms with Gasteiger partial charge in [0.05, 0.1) is 16.9 Å². The maximum atomic E-state index is 12.9. The highest BCUT2D eigenvalue weighted by atomic mass is 127. The third-order valence-electron chi connectivity index (χ3n) is 5.45. The Morgan fingerprint density at radius 2 is 1.91 bits per heavy atom. The zero-order valence-electron chi connectivity index (χ0n) is 18.6. The van der Waals surface area contributed by atoms with Crippen LogP contribution in [-0.2, 0) is 9.59 Å². The van der Waals surface area contributed by atoms with Crippen LogP contribution in [-0.4, -0.2) is 46.9 Å². The minimum absolute atomic E-state index is 0.0261. The molecule has 172 valence electrons. The summed E-state index contributed by atoms with van der Waals surface area (Å²) < 4.78 is 12.5. The zero-order chi connectivity index (χ0) is 23.4. The van der Waals surface area contributed by atoms with E-state index in [1.807, 2.05) is 12.1 Å². The van der Waals surface area contributed by atoms with E-state index < -0.39 is 0 Å². The first kappa shape index (κ1) is 24.0.